The molecular formula is C23H25N7O4. The van der Waals surface area contributed by atoms with Gasteiger partial charge in [0.2, 0.25) is 0 Å². The van der Waals surface area contributed by atoms with Gasteiger partial charge < -0.3 is 26.0 Å². The lowest BCUT2D eigenvalue weighted by molar-refractivity contribution is 0.0730. The number of ether oxygens (including phenoxy) is 1. The molecule has 176 valence electrons. The predicted octanol–water partition coefficient (Wildman–Crippen LogP) is 0.795. The molecule has 0 spiro atoms. The minimum Gasteiger partial charge on any atom is -0.378 e. The van der Waals surface area contributed by atoms with Gasteiger partial charge in [0.15, 0.2) is 5.65 Å². The molecule has 0 radical (unpaired) electrons. The number of rotatable bonds is 5. The van der Waals surface area contributed by atoms with Gasteiger partial charge in [0.05, 0.1) is 18.8 Å². The van der Waals surface area contributed by atoms with E-state index in [4.69, 9.17) is 16.2 Å². The molecule has 11 heteroatoms. The highest BCUT2D eigenvalue weighted by Gasteiger charge is 2.33. The number of hydrogen-bond donors (Lipinski definition) is 2. The van der Waals surface area contributed by atoms with Gasteiger partial charge in [-0.3, -0.25) is 14.4 Å². The average Bonchev–Trinajstić information content (AvgIpc) is 3.36. The van der Waals surface area contributed by atoms with E-state index in [1.54, 1.807) is 4.90 Å². The van der Waals surface area contributed by atoms with Gasteiger partial charge in [-0.25, -0.2) is 9.50 Å². The number of morpholine rings is 1. The van der Waals surface area contributed by atoms with E-state index in [1.807, 2.05) is 26.0 Å². The van der Waals surface area contributed by atoms with Crippen LogP contribution >= 0.6 is 0 Å². The summed E-state index contributed by atoms with van der Waals surface area (Å²) >= 11 is 0. The lowest BCUT2D eigenvalue weighted by Crippen LogP contribution is -2.36. The summed E-state index contributed by atoms with van der Waals surface area (Å²) in [7, 11) is 0. The number of nitrogens with two attached hydrogens (primary N) is 2. The number of aromatic nitrogens is 3. The number of anilines is 1. The van der Waals surface area contributed by atoms with E-state index >= 15 is 0 Å². The number of primary amides is 2. The van der Waals surface area contributed by atoms with Crippen LogP contribution in [0.4, 0.5) is 5.69 Å². The monoisotopic (exact) mass is 463 g/mol. The van der Waals surface area contributed by atoms with Gasteiger partial charge in [0.1, 0.15) is 11.3 Å². The zero-order chi connectivity index (χ0) is 24.1. The molecule has 0 atom stereocenters. The topological polar surface area (TPSA) is 149 Å². The van der Waals surface area contributed by atoms with Crippen LogP contribution in [-0.2, 0) is 11.3 Å². The van der Waals surface area contributed by atoms with Crippen molar-refractivity contribution in [2.45, 2.75) is 26.4 Å². The summed E-state index contributed by atoms with van der Waals surface area (Å²) in [6.07, 6.45) is 2.72. The molecule has 4 heterocycles. The number of nitrogens with zero attached hydrogens (tertiary/aromatic N) is 5. The number of carbonyl (C=O) groups is 3. The standard InChI is InChI=1S/C23H25N7O4/c1-12(2)29-10-13-7-16(17(8-15(13)23(29)33)28-3-5-34-6-4-28)19-18(21(25)32)22-26-9-14(20(24)31)11-30(22)27-19/h7-9,11-12H,3-6,10H2,1-2H3,(H2,24,31)(H2,25,32). The molecule has 5 rings (SSSR count). The molecule has 2 aliphatic rings. The number of fused-ring (bicyclic) bond motifs is 2. The van der Waals surface area contributed by atoms with E-state index in [1.165, 1.54) is 16.9 Å². The van der Waals surface area contributed by atoms with Crippen LogP contribution in [-0.4, -0.2) is 69.6 Å². The second-order valence-electron chi connectivity index (χ2n) is 8.72. The van der Waals surface area contributed by atoms with Crippen LogP contribution in [0.15, 0.2) is 24.5 Å². The van der Waals surface area contributed by atoms with E-state index in [-0.39, 0.29) is 28.7 Å². The van der Waals surface area contributed by atoms with E-state index < -0.39 is 11.8 Å². The largest absolute Gasteiger partial charge is 0.378 e. The van der Waals surface area contributed by atoms with Gasteiger partial charge in [-0.2, -0.15) is 5.10 Å². The molecule has 3 amide bonds. The van der Waals surface area contributed by atoms with Crippen molar-refractivity contribution in [3.8, 4) is 11.3 Å². The molecule has 1 fully saturated rings. The van der Waals surface area contributed by atoms with Crippen molar-refractivity contribution < 1.29 is 19.1 Å². The van der Waals surface area contributed by atoms with Crippen LogP contribution in [0.3, 0.4) is 0 Å². The molecule has 34 heavy (non-hydrogen) atoms. The van der Waals surface area contributed by atoms with Crippen LogP contribution < -0.4 is 16.4 Å². The molecular weight excluding hydrogens is 438 g/mol. The first-order valence-corrected chi connectivity index (χ1v) is 11.0. The summed E-state index contributed by atoms with van der Waals surface area (Å²) in [6.45, 7) is 6.74. The third kappa shape index (κ3) is 3.45. The lowest BCUT2D eigenvalue weighted by Gasteiger charge is -2.31. The van der Waals surface area contributed by atoms with Gasteiger partial charge in [-0.15, -0.1) is 0 Å². The summed E-state index contributed by atoms with van der Waals surface area (Å²) in [4.78, 5) is 45.4. The number of hydrogen-bond acceptors (Lipinski definition) is 7. The van der Waals surface area contributed by atoms with Gasteiger partial charge in [0.25, 0.3) is 17.7 Å². The van der Waals surface area contributed by atoms with Crippen LogP contribution in [0.5, 0.6) is 0 Å². The molecule has 0 bridgehead atoms. The number of amides is 3. The van der Waals surface area contributed by atoms with Crippen LogP contribution in [0.2, 0.25) is 0 Å². The number of carbonyl (C=O) groups excluding carboxylic acids is 3. The summed E-state index contributed by atoms with van der Waals surface area (Å²) in [5.74, 6) is -1.38. The average molecular weight is 463 g/mol. The number of benzene rings is 1. The van der Waals surface area contributed by atoms with E-state index in [9.17, 15) is 14.4 Å². The maximum Gasteiger partial charge on any atom is 0.254 e. The smallest absolute Gasteiger partial charge is 0.254 e. The van der Waals surface area contributed by atoms with E-state index in [2.05, 4.69) is 15.0 Å². The Bertz CT molecular complexity index is 1340. The molecule has 0 saturated carbocycles. The van der Waals surface area contributed by atoms with Crippen molar-refractivity contribution in [2.24, 2.45) is 11.5 Å². The van der Waals surface area contributed by atoms with Crippen molar-refractivity contribution in [1.29, 1.82) is 0 Å². The van der Waals surface area contributed by atoms with Gasteiger partial charge in [-0.05, 0) is 31.5 Å². The lowest BCUT2D eigenvalue weighted by atomic mass is 9.98. The zero-order valence-corrected chi connectivity index (χ0v) is 18.9. The highest BCUT2D eigenvalue weighted by molar-refractivity contribution is 6.07. The third-order valence-corrected chi connectivity index (χ3v) is 6.29. The Morgan fingerprint density at radius 1 is 1.09 bits per heavy atom. The summed E-state index contributed by atoms with van der Waals surface area (Å²) in [6, 6.07) is 3.82. The van der Waals surface area contributed by atoms with E-state index in [0.717, 1.165) is 11.3 Å². The normalized spacial score (nSPS) is 15.9. The second kappa shape index (κ2) is 8.10. The van der Waals surface area contributed by atoms with Crippen molar-refractivity contribution in [2.75, 3.05) is 31.2 Å². The molecule has 1 aromatic carbocycles. The molecule has 0 aliphatic carbocycles. The molecule has 3 aromatic rings. The molecule has 2 aromatic heterocycles. The fraction of sp³-hybridized carbons (Fsp3) is 0.348. The quantitative estimate of drug-likeness (QED) is 0.568. The van der Waals surface area contributed by atoms with Crippen LogP contribution in [0.1, 0.15) is 50.5 Å². The van der Waals surface area contributed by atoms with E-state index in [0.29, 0.717) is 49.7 Å². The highest BCUT2D eigenvalue weighted by atomic mass is 16.5. The first kappa shape index (κ1) is 21.8. The van der Waals surface area contributed by atoms with Gasteiger partial charge >= 0.3 is 0 Å². The fourth-order valence-corrected chi connectivity index (χ4v) is 4.52. The Kier molecular flexibility index (Phi) is 5.20. The van der Waals surface area contributed by atoms with Crippen molar-refractivity contribution in [1.82, 2.24) is 19.5 Å². The summed E-state index contributed by atoms with van der Waals surface area (Å²) in [5.41, 5.74) is 14.9. The van der Waals surface area contributed by atoms with Crippen molar-refractivity contribution in [3.63, 3.8) is 0 Å². The van der Waals surface area contributed by atoms with Crippen LogP contribution in [0, 0.1) is 0 Å². The fourth-order valence-electron chi connectivity index (χ4n) is 4.52. The second-order valence-corrected chi connectivity index (χ2v) is 8.72. The maximum absolute atomic E-state index is 13.1. The summed E-state index contributed by atoms with van der Waals surface area (Å²) < 4.78 is 6.85. The third-order valence-electron chi connectivity index (χ3n) is 6.29. The molecule has 11 nitrogen and oxygen atoms in total. The summed E-state index contributed by atoms with van der Waals surface area (Å²) in [5, 5.41) is 4.59. The maximum atomic E-state index is 13.1. The van der Waals surface area contributed by atoms with Crippen LogP contribution in [0.25, 0.3) is 16.9 Å². The molecule has 1 saturated heterocycles. The minimum absolute atomic E-state index is 0.0241. The zero-order valence-electron chi connectivity index (χ0n) is 18.9. The van der Waals surface area contributed by atoms with Gasteiger partial charge in [0, 0.05) is 54.9 Å². The Morgan fingerprint density at radius 2 is 1.82 bits per heavy atom. The molecule has 4 N–H and O–H groups in total. The Labute approximate surface area is 195 Å². The minimum atomic E-state index is -0.697. The first-order chi connectivity index (χ1) is 16.3. The van der Waals surface area contributed by atoms with Crippen molar-refractivity contribution in [3.05, 3.63) is 46.8 Å². The Balaban J connectivity index is 1.75. The first-order valence-electron chi connectivity index (χ1n) is 11.0. The van der Waals surface area contributed by atoms with Gasteiger partial charge in [-0.1, -0.05) is 0 Å². The van der Waals surface area contributed by atoms with Crippen molar-refractivity contribution >= 4 is 29.1 Å². The Morgan fingerprint density at radius 3 is 2.47 bits per heavy atom. The SMILES string of the molecule is CC(C)N1Cc2cc(-c3nn4cc(C(N)=O)cnc4c3C(N)=O)c(N3CCOCC3)cc2C1=O. The highest BCUT2D eigenvalue weighted by Crippen LogP contribution is 2.39. The predicted molar refractivity (Wildman–Crippen MR) is 124 cm³/mol. The molecule has 0 unspecified atom stereocenters. The Hall–Kier alpha value is -3.99. The molecule has 2 aliphatic heterocycles.